The van der Waals surface area contributed by atoms with Gasteiger partial charge in [-0.3, -0.25) is 4.79 Å². The zero-order valence-electron chi connectivity index (χ0n) is 15.9. The Bertz CT molecular complexity index is 691. The molecule has 2 aromatic rings. The predicted octanol–water partition coefficient (Wildman–Crippen LogP) is 4.11. The molecular weight excluding hydrogens is 348 g/mol. The molecule has 1 amide bonds. The number of carbonyl (C=O) groups excluding carboxylic acids is 1. The number of nitrogens with two attached hydrogens (primary N) is 1. The second-order valence-electron chi connectivity index (χ2n) is 7.32. The van der Waals surface area contributed by atoms with E-state index >= 15 is 0 Å². The summed E-state index contributed by atoms with van der Waals surface area (Å²) in [6.45, 7) is 8.83. The number of hydrogen-bond acceptors (Lipinski definition) is 3. The molecule has 0 heterocycles. The van der Waals surface area contributed by atoms with Crippen LogP contribution in [-0.2, 0) is 16.6 Å². The van der Waals surface area contributed by atoms with Crippen LogP contribution in [0, 0.1) is 0 Å². The average molecular weight is 377 g/mol. The second kappa shape index (κ2) is 9.48. The highest BCUT2D eigenvalue weighted by atomic mass is 35.5. The maximum atomic E-state index is 12.2. The summed E-state index contributed by atoms with van der Waals surface area (Å²) in [6, 6.07) is 15.6. The third-order valence-electron chi connectivity index (χ3n) is 4.10. The summed E-state index contributed by atoms with van der Waals surface area (Å²) >= 11 is 0. The topological polar surface area (TPSA) is 64.3 Å². The molecule has 5 heteroatoms. The Balaban J connectivity index is 0.00000338. The number of nitrogen functional groups attached to an aromatic ring is 1. The Morgan fingerprint density at radius 2 is 1.65 bits per heavy atom. The van der Waals surface area contributed by atoms with E-state index in [-0.39, 0.29) is 23.7 Å². The van der Waals surface area contributed by atoms with Gasteiger partial charge < -0.3 is 15.8 Å². The van der Waals surface area contributed by atoms with E-state index in [1.54, 1.807) is 6.92 Å². The SMILES string of the molecule is CC(Oc1ccc(C(C)(C)C)cc1)C(=O)NCCc1ccc(N)cc1.Cl. The van der Waals surface area contributed by atoms with Crippen LogP contribution in [0.1, 0.15) is 38.8 Å². The van der Waals surface area contributed by atoms with Gasteiger partial charge in [-0.2, -0.15) is 0 Å². The molecule has 2 aromatic carbocycles. The van der Waals surface area contributed by atoms with E-state index in [0.717, 1.165) is 17.7 Å². The van der Waals surface area contributed by atoms with Crippen molar-refractivity contribution in [2.45, 2.75) is 45.6 Å². The smallest absolute Gasteiger partial charge is 0.260 e. The molecule has 0 aliphatic rings. The van der Waals surface area contributed by atoms with Gasteiger partial charge in [0.25, 0.3) is 5.91 Å². The van der Waals surface area contributed by atoms with Crippen molar-refractivity contribution in [3.05, 3.63) is 59.7 Å². The first-order valence-electron chi connectivity index (χ1n) is 8.65. The molecule has 0 saturated heterocycles. The van der Waals surface area contributed by atoms with E-state index in [1.165, 1.54) is 5.56 Å². The molecular formula is C21H29ClN2O2. The first kappa shape index (κ1) is 21.8. The molecule has 142 valence electrons. The molecule has 3 N–H and O–H groups in total. The average Bonchev–Trinajstić information content (AvgIpc) is 2.56. The fourth-order valence-corrected chi connectivity index (χ4v) is 2.45. The van der Waals surface area contributed by atoms with E-state index in [1.807, 2.05) is 48.5 Å². The molecule has 4 nitrogen and oxygen atoms in total. The molecule has 1 unspecified atom stereocenters. The normalized spacial score (nSPS) is 12.0. The molecule has 0 saturated carbocycles. The summed E-state index contributed by atoms with van der Waals surface area (Å²) in [5, 5.41) is 2.91. The fraction of sp³-hybridized carbons (Fsp3) is 0.381. The third-order valence-corrected chi connectivity index (χ3v) is 4.10. The van der Waals surface area contributed by atoms with Gasteiger partial charge in [-0.05, 0) is 54.2 Å². The van der Waals surface area contributed by atoms with Crippen molar-refractivity contribution in [2.24, 2.45) is 0 Å². The first-order valence-corrected chi connectivity index (χ1v) is 8.65. The Labute approximate surface area is 162 Å². The number of nitrogens with one attached hydrogen (secondary N) is 1. The summed E-state index contributed by atoms with van der Waals surface area (Å²) in [6.07, 6.45) is 0.228. The molecule has 0 radical (unpaired) electrons. The number of rotatable bonds is 6. The van der Waals surface area contributed by atoms with Crippen LogP contribution in [0.3, 0.4) is 0 Å². The van der Waals surface area contributed by atoms with E-state index in [4.69, 9.17) is 10.5 Å². The minimum atomic E-state index is -0.535. The minimum absolute atomic E-state index is 0. The summed E-state index contributed by atoms with van der Waals surface area (Å²) in [5.74, 6) is 0.588. The zero-order valence-corrected chi connectivity index (χ0v) is 16.7. The van der Waals surface area contributed by atoms with Crippen molar-refractivity contribution in [3.8, 4) is 5.75 Å². The van der Waals surface area contributed by atoms with E-state index in [9.17, 15) is 4.79 Å². The quantitative estimate of drug-likeness (QED) is 0.745. The summed E-state index contributed by atoms with van der Waals surface area (Å²) < 4.78 is 5.73. The maximum Gasteiger partial charge on any atom is 0.260 e. The van der Waals surface area contributed by atoms with E-state index in [2.05, 4.69) is 26.1 Å². The van der Waals surface area contributed by atoms with Crippen molar-refractivity contribution >= 4 is 24.0 Å². The lowest BCUT2D eigenvalue weighted by Crippen LogP contribution is -2.37. The number of hydrogen-bond donors (Lipinski definition) is 2. The van der Waals surface area contributed by atoms with Gasteiger partial charge >= 0.3 is 0 Å². The molecule has 0 fully saturated rings. The number of benzene rings is 2. The second-order valence-corrected chi connectivity index (χ2v) is 7.32. The van der Waals surface area contributed by atoms with Crippen molar-refractivity contribution in [1.29, 1.82) is 0 Å². The third kappa shape index (κ3) is 6.60. The molecule has 0 aliphatic heterocycles. The largest absolute Gasteiger partial charge is 0.481 e. The van der Waals surface area contributed by atoms with Gasteiger partial charge in [-0.25, -0.2) is 0 Å². The Hall–Kier alpha value is -2.20. The maximum absolute atomic E-state index is 12.2. The summed E-state index contributed by atoms with van der Waals surface area (Å²) in [5.41, 5.74) is 8.88. The van der Waals surface area contributed by atoms with Gasteiger partial charge in [0.15, 0.2) is 6.10 Å². The number of anilines is 1. The monoisotopic (exact) mass is 376 g/mol. The van der Waals surface area contributed by atoms with E-state index in [0.29, 0.717) is 12.3 Å². The highest BCUT2D eigenvalue weighted by molar-refractivity contribution is 5.85. The van der Waals surface area contributed by atoms with Gasteiger partial charge in [0.1, 0.15) is 5.75 Å². The van der Waals surface area contributed by atoms with Gasteiger partial charge in [-0.15, -0.1) is 12.4 Å². The summed E-state index contributed by atoms with van der Waals surface area (Å²) in [4.78, 5) is 12.2. The lowest BCUT2D eigenvalue weighted by atomic mass is 9.87. The van der Waals surface area contributed by atoms with Crippen molar-refractivity contribution < 1.29 is 9.53 Å². The highest BCUT2D eigenvalue weighted by Gasteiger charge is 2.16. The fourth-order valence-electron chi connectivity index (χ4n) is 2.45. The predicted molar refractivity (Wildman–Crippen MR) is 110 cm³/mol. The Morgan fingerprint density at radius 3 is 2.19 bits per heavy atom. The summed E-state index contributed by atoms with van der Waals surface area (Å²) in [7, 11) is 0. The van der Waals surface area contributed by atoms with Crippen LogP contribution in [0.4, 0.5) is 5.69 Å². The molecule has 0 aliphatic carbocycles. The van der Waals surface area contributed by atoms with Crippen LogP contribution in [0.2, 0.25) is 0 Å². The lowest BCUT2D eigenvalue weighted by molar-refractivity contribution is -0.127. The zero-order chi connectivity index (χ0) is 18.4. The first-order chi connectivity index (χ1) is 11.8. The van der Waals surface area contributed by atoms with Crippen LogP contribution in [0.15, 0.2) is 48.5 Å². The molecule has 26 heavy (non-hydrogen) atoms. The standard InChI is InChI=1S/C21H28N2O2.ClH/c1-15(25-19-11-7-17(8-12-19)21(2,3)4)20(24)23-14-13-16-5-9-18(22)10-6-16;/h5-12,15H,13-14,22H2,1-4H3,(H,23,24);1H. The Morgan fingerprint density at radius 1 is 1.08 bits per heavy atom. The molecule has 2 rings (SSSR count). The van der Waals surface area contributed by atoms with Crippen molar-refractivity contribution in [3.63, 3.8) is 0 Å². The van der Waals surface area contributed by atoms with Gasteiger partial charge in [0.05, 0.1) is 0 Å². The van der Waals surface area contributed by atoms with Crippen LogP contribution in [0.25, 0.3) is 0 Å². The molecule has 0 bridgehead atoms. The Kier molecular flexibility index (Phi) is 7.97. The van der Waals surface area contributed by atoms with Gasteiger partial charge in [-0.1, -0.05) is 45.0 Å². The minimum Gasteiger partial charge on any atom is -0.481 e. The van der Waals surface area contributed by atoms with Crippen molar-refractivity contribution in [1.82, 2.24) is 5.32 Å². The number of amides is 1. The molecule has 1 atom stereocenters. The van der Waals surface area contributed by atoms with Crippen LogP contribution < -0.4 is 15.8 Å². The number of ether oxygens (including phenoxy) is 1. The molecule has 0 spiro atoms. The highest BCUT2D eigenvalue weighted by Crippen LogP contribution is 2.24. The lowest BCUT2D eigenvalue weighted by Gasteiger charge is -2.20. The van der Waals surface area contributed by atoms with Gasteiger partial charge in [0, 0.05) is 12.2 Å². The van der Waals surface area contributed by atoms with Crippen LogP contribution in [-0.4, -0.2) is 18.6 Å². The number of halogens is 1. The van der Waals surface area contributed by atoms with Gasteiger partial charge in [0.2, 0.25) is 0 Å². The van der Waals surface area contributed by atoms with E-state index < -0.39 is 6.10 Å². The van der Waals surface area contributed by atoms with Crippen LogP contribution >= 0.6 is 12.4 Å². The van der Waals surface area contributed by atoms with Crippen molar-refractivity contribution in [2.75, 3.05) is 12.3 Å². The number of carbonyl (C=O) groups is 1. The van der Waals surface area contributed by atoms with Crippen LogP contribution in [0.5, 0.6) is 5.75 Å². The molecule has 0 aromatic heterocycles.